The summed E-state index contributed by atoms with van der Waals surface area (Å²) in [7, 11) is 0. The van der Waals surface area contributed by atoms with Gasteiger partial charge in [0.2, 0.25) is 0 Å². The molecule has 3 rings (SSSR count). The molecule has 0 aliphatic rings. The molecule has 0 saturated carbocycles. The summed E-state index contributed by atoms with van der Waals surface area (Å²) in [5.74, 6) is -1.17. The van der Waals surface area contributed by atoms with Crippen LogP contribution in [0.1, 0.15) is 20.7 Å². The lowest BCUT2D eigenvalue weighted by atomic mass is 10.1. The van der Waals surface area contributed by atoms with E-state index in [0.29, 0.717) is 27.5 Å². The SMILES string of the molecule is O=C(Nc1cccc(F)c1)c1ccc(C(=O)Nc2ccccc2Cl)cc1. The van der Waals surface area contributed by atoms with Gasteiger partial charge in [-0.15, -0.1) is 0 Å². The fraction of sp³-hybridized carbons (Fsp3) is 0. The predicted molar refractivity (Wildman–Crippen MR) is 100 cm³/mol. The molecular weight excluding hydrogens is 355 g/mol. The normalized spacial score (nSPS) is 10.2. The summed E-state index contributed by atoms with van der Waals surface area (Å²) >= 11 is 6.02. The molecule has 0 spiro atoms. The van der Waals surface area contributed by atoms with Gasteiger partial charge in [0.1, 0.15) is 5.82 Å². The molecule has 0 radical (unpaired) electrons. The molecule has 2 amide bonds. The van der Waals surface area contributed by atoms with Gasteiger partial charge in [0, 0.05) is 16.8 Å². The zero-order chi connectivity index (χ0) is 18.5. The monoisotopic (exact) mass is 368 g/mol. The van der Waals surface area contributed by atoms with Gasteiger partial charge in [0.05, 0.1) is 10.7 Å². The van der Waals surface area contributed by atoms with Crippen LogP contribution in [0.4, 0.5) is 15.8 Å². The van der Waals surface area contributed by atoms with Gasteiger partial charge >= 0.3 is 0 Å². The van der Waals surface area contributed by atoms with Gasteiger partial charge in [-0.05, 0) is 54.6 Å². The number of anilines is 2. The average molecular weight is 369 g/mol. The van der Waals surface area contributed by atoms with Crippen LogP contribution < -0.4 is 10.6 Å². The third kappa shape index (κ3) is 4.26. The summed E-state index contributed by atoms with van der Waals surface area (Å²) in [5, 5.41) is 5.74. The Morgan fingerprint density at radius 3 is 2.00 bits per heavy atom. The molecule has 0 aromatic heterocycles. The molecule has 0 aliphatic heterocycles. The molecule has 0 unspecified atom stereocenters. The number of para-hydroxylation sites is 1. The second-order valence-corrected chi connectivity index (χ2v) is 5.88. The van der Waals surface area contributed by atoms with E-state index in [1.54, 1.807) is 30.3 Å². The maximum Gasteiger partial charge on any atom is 0.255 e. The van der Waals surface area contributed by atoms with Gasteiger partial charge in [-0.2, -0.15) is 0 Å². The van der Waals surface area contributed by atoms with E-state index in [1.165, 1.54) is 42.5 Å². The first-order valence-electron chi connectivity index (χ1n) is 7.76. The second-order valence-electron chi connectivity index (χ2n) is 5.48. The highest BCUT2D eigenvalue weighted by molar-refractivity contribution is 6.33. The Balaban J connectivity index is 1.68. The van der Waals surface area contributed by atoms with Crippen LogP contribution >= 0.6 is 11.6 Å². The van der Waals surface area contributed by atoms with Crippen LogP contribution in [0.25, 0.3) is 0 Å². The fourth-order valence-corrected chi connectivity index (χ4v) is 2.48. The molecule has 6 heteroatoms. The number of benzene rings is 3. The molecule has 0 bridgehead atoms. The van der Waals surface area contributed by atoms with Crippen molar-refractivity contribution in [3.8, 4) is 0 Å². The minimum absolute atomic E-state index is 0.338. The van der Waals surface area contributed by atoms with Crippen LogP contribution in [0.2, 0.25) is 5.02 Å². The number of amides is 2. The van der Waals surface area contributed by atoms with Crippen molar-refractivity contribution in [1.82, 2.24) is 0 Å². The van der Waals surface area contributed by atoms with Gasteiger partial charge in [0.25, 0.3) is 11.8 Å². The summed E-state index contributed by atoms with van der Waals surface area (Å²) in [6, 6.07) is 18.6. The Labute approximate surface area is 154 Å². The van der Waals surface area contributed by atoms with E-state index in [0.717, 1.165) is 0 Å². The summed E-state index contributed by atoms with van der Waals surface area (Å²) in [6.45, 7) is 0. The lowest BCUT2D eigenvalue weighted by Crippen LogP contribution is -2.14. The van der Waals surface area contributed by atoms with E-state index in [9.17, 15) is 14.0 Å². The Kier molecular flexibility index (Phi) is 5.29. The number of nitrogens with one attached hydrogen (secondary N) is 2. The highest BCUT2D eigenvalue weighted by Crippen LogP contribution is 2.21. The zero-order valence-corrected chi connectivity index (χ0v) is 14.3. The standard InChI is InChI=1S/C20H14ClFN2O2/c21-17-6-1-2-7-18(17)24-20(26)14-10-8-13(9-11-14)19(25)23-16-5-3-4-15(22)12-16/h1-12H,(H,23,25)(H,24,26). The van der Waals surface area contributed by atoms with Crippen molar-refractivity contribution >= 4 is 34.8 Å². The molecule has 4 nitrogen and oxygen atoms in total. The molecule has 0 aliphatic carbocycles. The summed E-state index contributed by atoms with van der Waals surface area (Å²) in [4.78, 5) is 24.5. The number of hydrogen-bond donors (Lipinski definition) is 2. The summed E-state index contributed by atoms with van der Waals surface area (Å²) in [5.41, 5.74) is 1.60. The lowest BCUT2D eigenvalue weighted by Gasteiger charge is -2.08. The molecular formula is C20H14ClFN2O2. The smallest absolute Gasteiger partial charge is 0.255 e. The number of carbonyl (C=O) groups is 2. The maximum atomic E-state index is 13.2. The van der Waals surface area contributed by atoms with Crippen molar-refractivity contribution in [2.75, 3.05) is 10.6 Å². The number of rotatable bonds is 4. The topological polar surface area (TPSA) is 58.2 Å². The van der Waals surface area contributed by atoms with Crippen molar-refractivity contribution < 1.29 is 14.0 Å². The van der Waals surface area contributed by atoms with Crippen LogP contribution in [-0.4, -0.2) is 11.8 Å². The van der Waals surface area contributed by atoms with E-state index >= 15 is 0 Å². The van der Waals surface area contributed by atoms with E-state index in [-0.39, 0.29) is 5.91 Å². The van der Waals surface area contributed by atoms with Crippen molar-refractivity contribution in [3.63, 3.8) is 0 Å². The Bertz CT molecular complexity index is 958. The van der Waals surface area contributed by atoms with Gasteiger partial charge in [-0.3, -0.25) is 9.59 Å². The van der Waals surface area contributed by atoms with Gasteiger partial charge in [-0.1, -0.05) is 29.8 Å². The Morgan fingerprint density at radius 2 is 1.38 bits per heavy atom. The second kappa shape index (κ2) is 7.80. The quantitative estimate of drug-likeness (QED) is 0.682. The van der Waals surface area contributed by atoms with Gasteiger partial charge in [-0.25, -0.2) is 4.39 Å². The first-order valence-corrected chi connectivity index (χ1v) is 8.13. The molecule has 3 aromatic carbocycles. The van der Waals surface area contributed by atoms with Crippen LogP contribution in [0.15, 0.2) is 72.8 Å². The minimum Gasteiger partial charge on any atom is -0.322 e. The zero-order valence-electron chi connectivity index (χ0n) is 13.5. The maximum absolute atomic E-state index is 13.2. The number of hydrogen-bond acceptors (Lipinski definition) is 2. The summed E-state index contributed by atoms with van der Waals surface area (Å²) in [6.07, 6.45) is 0. The van der Waals surface area contributed by atoms with E-state index in [2.05, 4.69) is 10.6 Å². The van der Waals surface area contributed by atoms with Crippen LogP contribution in [0.5, 0.6) is 0 Å². The summed E-state index contributed by atoms with van der Waals surface area (Å²) < 4.78 is 13.2. The fourth-order valence-electron chi connectivity index (χ4n) is 2.30. The van der Waals surface area contributed by atoms with Gasteiger partial charge < -0.3 is 10.6 Å². The molecule has 0 fully saturated rings. The molecule has 3 aromatic rings. The molecule has 0 saturated heterocycles. The number of carbonyl (C=O) groups excluding carboxylic acids is 2. The van der Waals surface area contributed by atoms with Crippen molar-refractivity contribution in [2.24, 2.45) is 0 Å². The molecule has 2 N–H and O–H groups in total. The van der Waals surface area contributed by atoms with Gasteiger partial charge in [0.15, 0.2) is 0 Å². The molecule has 0 atom stereocenters. The minimum atomic E-state index is -0.436. The van der Waals surface area contributed by atoms with E-state index in [1.807, 2.05) is 0 Å². The van der Waals surface area contributed by atoms with Crippen LogP contribution in [-0.2, 0) is 0 Å². The number of halogens is 2. The van der Waals surface area contributed by atoms with E-state index < -0.39 is 11.7 Å². The van der Waals surface area contributed by atoms with Crippen molar-refractivity contribution in [3.05, 3.63) is 94.8 Å². The van der Waals surface area contributed by atoms with Crippen molar-refractivity contribution in [2.45, 2.75) is 0 Å². The Morgan fingerprint density at radius 1 is 0.769 bits per heavy atom. The predicted octanol–water partition coefficient (Wildman–Crippen LogP) is 4.98. The lowest BCUT2D eigenvalue weighted by molar-refractivity contribution is 0.101. The van der Waals surface area contributed by atoms with E-state index in [4.69, 9.17) is 11.6 Å². The van der Waals surface area contributed by atoms with Crippen molar-refractivity contribution in [1.29, 1.82) is 0 Å². The highest BCUT2D eigenvalue weighted by Gasteiger charge is 2.11. The molecule has 0 heterocycles. The largest absolute Gasteiger partial charge is 0.322 e. The third-order valence-electron chi connectivity index (χ3n) is 3.61. The van der Waals surface area contributed by atoms with Crippen LogP contribution in [0.3, 0.4) is 0 Å². The first kappa shape index (κ1) is 17.6. The first-order chi connectivity index (χ1) is 12.5. The highest BCUT2D eigenvalue weighted by atomic mass is 35.5. The third-order valence-corrected chi connectivity index (χ3v) is 3.94. The molecule has 26 heavy (non-hydrogen) atoms. The molecule has 130 valence electrons. The average Bonchev–Trinajstić information content (AvgIpc) is 2.64. The van der Waals surface area contributed by atoms with Crippen LogP contribution in [0, 0.1) is 5.82 Å². The Hall–Kier alpha value is -3.18.